The summed E-state index contributed by atoms with van der Waals surface area (Å²) in [5, 5.41) is 3.53. The maximum Gasteiger partial charge on any atom is 0.257 e. The van der Waals surface area contributed by atoms with E-state index in [1.807, 2.05) is 43.3 Å². The Kier molecular flexibility index (Phi) is 6.29. The fourth-order valence-corrected chi connectivity index (χ4v) is 2.21. The normalized spacial score (nSPS) is 10.2. The smallest absolute Gasteiger partial charge is 0.257 e. The zero-order chi connectivity index (χ0) is 16.7. The quantitative estimate of drug-likeness (QED) is 0.844. The van der Waals surface area contributed by atoms with Crippen molar-refractivity contribution in [3.63, 3.8) is 0 Å². The first-order chi connectivity index (χ1) is 11.1. The standard InChI is InChI=1S/C18H20ClNO3/c1-13-3-8-16(17(11-13)22-2)23-12-18(21)20-10-9-14-4-6-15(19)7-5-14/h3-8,11H,9-10,12H2,1-2H3,(H,20,21). The van der Waals surface area contributed by atoms with Gasteiger partial charge in [0.05, 0.1) is 7.11 Å². The van der Waals surface area contributed by atoms with E-state index >= 15 is 0 Å². The van der Waals surface area contributed by atoms with Gasteiger partial charge >= 0.3 is 0 Å². The molecule has 0 aliphatic heterocycles. The van der Waals surface area contributed by atoms with Gasteiger partial charge in [0.1, 0.15) is 0 Å². The zero-order valence-electron chi connectivity index (χ0n) is 13.3. The van der Waals surface area contributed by atoms with Crippen molar-refractivity contribution in [2.75, 3.05) is 20.3 Å². The van der Waals surface area contributed by atoms with Crippen LogP contribution in [0.4, 0.5) is 0 Å². The van der Waals surface area contributed by atoms with Crippen molar-refractivity contribution in [1.82, 2.24) is 5.32 Å². The van der Waals surface area contributed by atoms with E-state index in [1.165, 1.54) is 0 Å². The Morgan fingerprint density at radius 3 is 2.57 bits per heavy atom. The first-order valence-corrected chi connectivity index (χ1v) is 7.75. The van der Waals surface area contributed by atoms with Crippen LogP contribution in [0.1, 0.15) is 11.1 Å². The first-order valence-electron chi connectivity index (χ1n) is 7.37. The van der Waals surface area contributed by atoms with Gasteiger partial charge in [-0.15, -0.1) is 0 Å². The molecule has 2 aromatic carbocycles. The first kappa shape index (κ1) is 17.2. The minimum atomic E-state index is -0.165. The second-order valence-electron chi connectivity index (χ2n) is 5.17. The van der Waals surface area contributed by atoms with Gasteiger partial charge in [0.15, 0.2) is 18.1 Å². The van der Waals surface area contributed by atoms with Gasteiger partial charge in [0.25, 0.3) is 5.91 Å². The summed E-state index contributed by atoms with van der Waals surface area (Å²) in [4.78, 5) is 11.8. The highest BCUT2D eigenvalue weighted by atomic mass is 35.5. The predicted octanol–water partition coefficient (Wildman–Crippen LogP) is 3.39. The lowest BCUT2D eigenvalue weighted by atomic mass is 10.1. The van der Waals surface area contributed by atoms with E-state index < -0.39 is 0 Å². The number of rotatable bonds is 7. The van der Waals surface area contributed by atoms with Crippen LogP contribution in [0.15, 0.2) is 42.5 Å². The molecular formula is C18H20ClNO3. The van der Waals surface area contributed by atoms with Crippen molar-refractivity contribution in [3.8, 4) is 11.5 Å². The Morgan fingerprint density at radius 1 is 1.13 bits per heavy atom. The predicted molar refractivity (Wildman–Crippen MR) is 91.4 cm³/mol. The van der Waals surface area contributed by atoms with Crippen LogP contribution < -0.4 is 14.8 Å². The molecule has 0 fully saturated rings. The third-order valence-electron chi connectivity index (χ3n) is 3.33. The van der Waals surface area contributed by atoms with E-state index in [-0.39, 0.29) is 12.5 Å². The molecule has 0 aliphatic carbocycles. The molecule has 2 rings (SSSR count). The average Bonchev–Trinajstić information content (AvgIpc) is 2.55. The summed E-state index contributed by atoms with van der Waals surface area (Å²) in [6.07, 6.45) is 0.747. The summed E-state index contributed by atoms with van der Waals surface area (Å²) in [6, 6.07) is 13.2. The number of nitrogens with one attached hydrogen (secondary N) is 1. The Morgan fingerprint density at radius 2 is 1.87 bits per heavy atom. The molecular weight excluding hydrogens is 314 g/mol. The SMILES string of the molecule is COc1cc(C)ccc1OCC(=O)NCCc1ccc(Cl)cc1. The van der Waals surface area contributed by atoms with Gasteiger partial charge < -0.3 is 14.8 Å². The van der Waals surface area contributed by atoms with E-state index in [0.29, 0.717) is 23.1 Å². The fraction of sp³-hybridized carbons (Fsp3) is 0.278. The van der Waals surface area contributed by atoms with Gasteiger partial charge in [0.2, 0.25) is 0 Å². The molecule has 23 heavy (non-hydrogen) atoms. The minimum Gasteiger partial charge on any atom is -0.493 e. The molecule has 2 aromatic rings. The summed E-state index contributed by atoms with van der Waals surface area (Å²) in [5.41, 5.74) is 2.19. The van der Waals surface area contributed by atoms with Crippen LogP contribution in [0.25, 0.3) is 0 Å². The van der Waals surface area contributed by atoms with Crippen LogP contribution in [-0.4, -0.2) is 26.2 Å². The lowest BCUT2D eigenvalue weighted by Gasteiger charge is -2.11. The molecule has 0 heterocycles. The third-order valence-corrected chi connectivity index (χ3v) is 3.58. The minimum absolute atomic E-state index is 0.0416. The molecule has 122 valence electrons. The highest BCUT2D eigenvalue weighted by Crippen LogP contribution is 2.27. The number of amides is 1. The molecule has 0 bridgehead atoms. The van der Waals surface area contributed by atoms with Crippen molar-refractivity contribution < 1.29 is 14.3 Å². The second kappa shape index (κ2) is 8.44. The number of ether oxygens (including phenoxy) is 2. The molecule has 5 heteroatoms. The van der Waals surface area contributed by atoms with Gasteiger partial charge in [-0.2, -0.15) is 0 Å². The Labute approximate surface area is 141 Å². The highest BCUT2D eigenvalue weighted by Gasteiger charge is 2.07. The Hall–Kier alpha value is -2.20. The Balaban J connectivity index is 1.76. The second-order valence-corrected chi connectivity index (χ2v) is 5.61. The van der Waals surface area contributed by atoms with Crippen molar-refractivity contribution >= 4 is 17.5 Å². The molecule has 4 nitrogen and oxygen atoms in total. The molecule has 0 atom stereocenters. The molecule has 0 saturated heterocycles. The lowest BCUT2D eigenvalue weighted by Crippen LogP contribution is -2.30. The van der Waals surface area contributed by atoms with E-state index in [4.69, 9.17) is 21.1 Å². The number of carbonyl (C=O) groups excluding carboxylic acids is 1. The average molecular weight is 334 g/mol. The lowest BCUT2D eigenvalue weighted by molar-refractivity contribution is -0.123. The van der Waals surface area contributed by atoms with Crippen LogP contribution in [0.2, 0.25) is 5.02 Å². The molecule has 1 N–H and O–H groups in total. The van der Waals surface area contributed by atoms with Crippen LogP contribution >= 0.6 is 11.6 Å². The summed E-state index contributed by atoms with van der Waals surface area (Å²) < 4.78 is 10.7. The number of aryl methyl sites for hydroxylation is 1. The summed E-state index contributed by atoms with van der Waals surface area (Å²) in [6.45, 7) is 2.48. The topological polar surface area (TPSA) is 47.6 Å². The molecule has 1 amide bonds. The summed E-state index contributed by atoms with van der Waals surface area (Å²) in [5.74, 6) is 1.02. The summed E-state index contributed by atoms with van der Waals surface area (Å²) in [7, 11) is 1.58. The van der Waals surface area contributed by atoms with Crippen molar-refractivity contribution in [2.24, 2.45) is 0 Å². The third kappa shape index (κ3) is 5.49. The number of benzene rings is 2. The number of methoxy groups -OCH3 is 1. The van der Waals surface area contributed by atoms with E-state index in [2.05, 4.69) is 5.32 Å². The molecule has 0 spiro atoms. The Bertz CT molecular complexity index is 656. The van der Waals surface area contributed by atoms with E-state index in [1.54, 1.807) is 13.2 Å². The van der Waals surface area contributed by atoms with Crippen LogP contribution in [0, 0.1) is 6.92 Å². The molecule has 0 aromatic heterocycles. The summed E-state index contributed by atoms with van der Waals surface area (Å²) >= 11 is 5.83. The maximum atomic E-state index is 11.8. The van der Waals surface area contributed by atoms with Gasteiger partial charge in [-0.25, -0.2) is 0 Å². The fourth-order valence-electron chi connectivity index (χ4n) is 2.09. The van der Waals surface area contributed by atoms with Gasteiger partial charge in [-0.1, -0.05) is 29.8 Å². The van der Waals surface area contributed by atoms with Crippen molar-refractivity contribution in [3.05, 3.63) is 58.6 Å². The molecule has 0 aliphatic rings. The van der Waals surface area contributed by atoms with Gasteiger partial charge in [-0.3, -0.25) is 4.79 Å². The molecule has 0 unspecified atom stereocenters. The number of hydrogen-bond donors (Lipinski definition) is 1. The number of carbonyl (C=O) groups is 1. The highest BCUT2D eigenvalue weighted by molar-refractivity contribution is 6.30. The van der Waals surface area contributed by atoms with Gasteiger partial charge in [0, 0.05) is 11.6 Å². The van der Waals surface area contributed by atoms with Crippen LogP contribution in [-0.2, 0) is 11.2 Å². The largest absolute Gasteiger partial charge is 0.493 e. The van der Waals surface area contributed by atoms with E-state index in [9.17, 15) is 4.79 Å². The van der Waals surface area contributed by atoms with Gasteiger partial charge in [-0.05, 0) is 48.7 Å². The van der Waals surface area contributed by atoms with Crippen molar-refractivity contribution in [2.45, 2.75) is 13.3 Å². The van der Waals surface area contributed by atoms with Crippen molar-refractivity contribution in [1.29, 1.82) is 0 Å². The zero-order valence-corrected chi connectivity index (χ0v) is 14.0. The molecule has 0 radical (unpaired) electrons. The maximum absolute atomic E-state index is 11.8. The van der Waals surface area contributed by atoms with E-state index in [0.717, 1.165) is 17.5 Å². The monoisotopic (exact) mass is 333 g/mol. The number of halogens is 1. The number of hydrogen-bond acceptors (Lipinski definition) is 3. The molecule has 0 saturated carbocycles. The van der Waals surface area contributed by atoms with Crippen LogP contribution in [0.3, 0.4) is 0 Å². The van der Waals surface area contributed by atoms with Crippen LogP contribution in [0.5, 0.6) is 11.5 Å².